The predicted molar refractivity (Wildman–Crippen MR) is 110 cm³/mol. The molecule has 0 saturated carbocycles. The minimum absolute atomic E-state index is 0.0130. The Kier molecular flexibility index (Phi) is 6.18. The van der Waals surface area contributed by atoms with E-state index >= 15 is 0 Å². The highest BCUT2D eigenvalue weighted by molar-refractivity contribution is 5.39. The number of methoxy groups -OCH3 is 2. The fraction of sp³-hybridized carbons (Fsp3) is 0.348. The average molecular weight is 431 g/mol. The molecular weight excluding hydrogens is 407 g/mol. The maximum atomic E-state index is 13.5. The lowest BCUT2D eigenvalue weighted by atomic mass is 9.87. The lowest BCUT2D eigenvalue weighted by molar-refractivity contribution is 0.146. The molecule has 0 unspecified atom stereocenters. The predicted octanol–water partition coefficient (Wildman–Crippen LogP) is 4.89. The van der Waals surface area contributed by atoms with Crippen LogP contribution in [0, 0.1) is 5.82 Å². The summed E-state index contributed by atoms with van der Waals surface area (Å²) in [5.41, 5.74) is 2.39. The molecule has 0 spiro atoms. The Morgan fingerprint density at radius 2 is 1.65 bits per heavy atom. The fourth-order valence-corrected chi connectivity index (χ4v) is 4.25. The second-order valence-electron chi connectivity index (χ2n) is 7.73. The van der Waals surface area contributed by atoms with Gasteiger partial charge in [0.25, 0.3) is 6.43 Å². The van der Waals surface area contributed by atoms with Crippen molar-refractivity contribution in [3.05, 3.63) is 76.9 Å². The molecule has 164 valence electrons. The molecule has 2 heterocycles. The number of benzene rings is 2. The maximum absolute atomic E-state index is 13.5. The molecule has 2 atom stereocenters. The zero-order valence-electron chi connectivity index (χ0n) is 17.3. The molecular formula is C23H24F3N3O2. The van der Waals surface area contributed by atoms with Crippen LogP contribution in [0.2, 0.25) is 0 Å². The second-order valence-corrected chi connectivity index (χ2v) is 7.73. The van der Waals surface area contributed by atoms with Crippen LogP contribution < -0.4 is 9.47 Å². The summed E-state index contributed by atoms with van der Waals surface area (Å²) in [6.45, 7) is 1.98. The van der Waals surface area contributed by atoms with E-state index < -0.39 is 6.43 Å². The van der Waals surface area contributed by atoms with Crippen molar-refractivity contribution < 1.29 is 22.6 Å². The topological polar surface area (TPSA) is 50.4 Å². The van der Waals surface area contributed by atoms with E-state index in [2.05, 4.69) is 15.1 Å². The van der Waals surface area contributed by atoms with Gasteiger partial charge in [0.05, 0.1) is 14.2 Å². The minimum Gasteiger partial charge on any atom is -0.497 e. The number of aromatic amines is 1. The first-order valence-electron chi connectivity index (χ1n) is 10.00. The third-order valence-electron chi connectivity index (χ3n) is 5.75. The van der Waals surface area contributed by atoms with Crippen LogP contribution in [0.4, 0.5) is 13.2 Å². The maximum Gasteiger partial charge on any atom is 0.282 e. The number of halogens is 3. The Hall–Kier alpha value is -3.00. The summed E-state index contributed by atoms with van der Waals surface area (Å²) >= 11 is 0. The summed E-state index contributed by atoms with van der Waals surface area (Å²) < 4.78 is 50.3. The van der Waals surface area contributed by atoms with Gasteiger partial charge >= 0.3 is 0 Å². The van der Waals surface area contributed by atoms with Crippen molar-refractivity contribution in [1.29, 1.82) is 0 Å². The van der Waals surface area contributed by atoms with Gasteiger partial charge in [0, 0.05) is 43.2 Å². The van der Waals surface area contributed by atoms with Gasteiger partial charge in [0.1, 0.15) is 23.0 Å². The number of aromatic nitrogens is 2. The molecule has 1 aliphatic heterocycles. The molecule has 5 nitrogen and oxygen atoms in total. The molecule has 0 aliphatic carbocycles. The molecule has 0 bridgehead atoms. The van der Waals surface area contributed by atoms with Crippen LogP contribution in [0.5, 0.6) is 11.5 Å². The summed E-state index contributed by atoms with van der Waals surface area (Å²) in [6.07, 6.45) is -2.63. The molecule has 1 saturated heterocycles. The quantitative estimate of drug-likeness (QED) is 0.579. The van der Waals surface area contributed by atoms with E-state index in [1.165, 1.54) is 18.2 Å². The smallest absolute Gasteiger partial charge is 0.282 e. The van der Waals surface area contributed by atoms with Gasteiger partial charge in [-0.15, -0.1) is 0 Å². The molecule has 8 heteroatoms. The zero-order chi connectivity index (χ0) is 22.0. The highest BCUT2D eigenvalue weighted by atomic mass is 19.3. The van der Waals surface area contributed by atoms with Crippen molar-refractivity contribution in [2.45, 2.75) is 24.8 Å². The number of nitrogens with zero attached hydrogens (tertiary/aromatic N) is 2. The minimum atomic E-state index is -2.63. The molecule has 31 heavy (non-hydrogen) atoms. The van der Waals surface area contributed by atoms with E-state index in [9.17, 15) is 13.2 Å². The third kappa shape index (κ3) is 4.69. The summed E-state index contributed by atoms with van der Waals surface area (Å²) in [4.78, 5) is 2.25. The lowest BCUT2D eigenvalue weighted by Crippen LogP contribution is -2.20. The van der Waals surface area contributed by atoms with E-state index in [1.54, 1.807) is 26.4 Å². The van der Waals surface area contributed by atoms with Crippen LogP contribution in [-0.2, 0) is 6.54 Å². The monoisotopic (exact) mass is 431 g/mol. The van der Waals surface area contributed by atoms with Gasteiger partial charge < -0.3 is 9.47 Å². The third-order valence-corrected chi connectivity index (χ3v) is 5.75. The van der Waals surface area contributed by atoms with E-state index in [4.69, 9.17) is 9.47 Å². The van der Waals surface area contributed by atoms with Crippen LogP contribution in [0.25, 0.3) is 0 Å². The molecule has 1 N–H and O–H groups in total. The molecule has 1 fully saturated rings. The number of hydrogen-bond acceptors (Lipinski definition) is 4. The van der Waals surface area contributed by atoms with Gasteiger partial charge in [-0.25, -0.2) is 13.2 Å². The fourth-order valence-electron chi connectivity index (χ4n) is 4.25. The Morgan fingerprint density at radius 3 is 2.23 bits per heavy atom. The number of alkyl halides is 2. The summed E-state index contributed by atoms with van der Waals surface area (Å²) in [6, 6.07) is 13.5. The number of ether oxygens (including phenoxy) is 2. The standard InChI is InChI=1S/C23H24F3N3O2/c1-30-17-7-14(8-18(9-17)31-2)11-29-12-19(15-3-5-16(24)6-4-15)20(13-29)21-10-22(23(25)26)28-27-21/h3-10,19-20,23H,11-13H2,1-2H3,(H,27,28)/t19-,20+/m0/s1. The van der Waals surface area contributed by atoms with Crippen molar-refractivity contribution in [3.8, 4) is 11.5 Å². The Morgan fingerprint density at radius 1 is 1.00 bits per heavy atom. The Labute approximate surface area is 178 Å². The van der Waals surface area contributed by atoms with E-state index in [1.807, 2.05) is 18.2 Å². The van der Waals surface area contributed by atoms with E-state index in [0.29, 0.717) is 36.8 Å². The number of hydrogen-bond donors (Lipinski definition) is 1. The molecule has 3 aromatic rings. The SMILES string of the molecule is COc1cc(CN2C[C@@H](c3ccc(F)cc3)[C@H](c3cc(C(F)F)n[nH]3)C2)cc(OC)c1. The number of rotatable bonds is 7. The van der Waals surface area contributed by atoms with Crippen molar-refractivity contribution in [2.75, 3.05) is 27.3 Å². The van der Waals surface area contributed by atoms with Crippen molar-refractivity contribution in [3.63, 3.8) is 0 Å². The highest BCUT2D eigenvalue weighted by Gasteiger charge is 2.36. The van der Waals surface area contributed by atoms with Crippen LogP contribution >= 0.6 is 0 Å². The van der Waals surface area contributed by atoms with Gasteiger partial charge in [0.2, 0.25) is 0 Å². The lowest BCUT2D eigenvalue weighted by Gasteiger charge is -2.17. The van der Waals surface area contributed by atoms with Crippen molar-refractivity contribution >= 4 is 0 Å². The van der Waals surface area contributed by atoms with Gasteiger partial charge in [0.15, 0.2) is 0 Å². The van der Waals surface area contributed by atoms with Gasteiger partial charge in [-0.1, -0.05) is 12.1 Å². The zero-order valence-corrected chi connectivity index (χ0v) is 17.3. The van der Waals surface area contributed by atoms with E-state index in [0.717, 1.165) is 11.1 Å². The normalized spacial score (nSPS) is 19.2. The van der Waals surface area contributed by atoms with Gasteiger partial charge in [-0.05, 0) is 41.5 Å². The first-order valence-corrected chi connectivity index (χ1v) is 10.00. The molecule has 1 aromatic heterocycles. The molecule has 2 aromatic carbocycles. The van der Waals surface area contributed by atoms with Gasteiger partial charge in [-0.2, -0.15) is 5.10 Å². The van der Waals surface area contributed by atoms with Crippen LogP contribution in [0.3, 0.4) is 0 Å². The average Bonchev–Trinajstić information content (AvgIpc) is 3.41. The highest BCUT2D eigenvalue weighted by Crippen LogP contribution is 2.40. The number of H-pyrrole nitrogens is 1. The van der Waals surface area contributed by atoms with Crippen LogP contribution in [-0.4, -0.2) is 42.4 Å². The largest absolute Gasteiger partial charge is 0.497 e. The van der Waals surface area contributed by atoms with Gasteiger partial charge in [-0.3, -0.25) is 10.00 Å². The molecule has 0 amide bonds. The van der Waals surface area contributed by atoms with Crippen molar-refractivity contribution in [1.82, 2.24) is 15.1 Å². The van der Waals surface area contributed by atoms with E-state index in [-0.39, 0.29) is 23.3 Å². The summed E-state index contributed by atoms with van der Waals surface area (Å²) in [5.74, 6) is 1.04. The summed E-state index contributed by atoms with van der Waals surface area (Å²) in [7, 11) is 3.21. The molecule has 4 rings (SSSR count). The Balaban J connectivity index is 1.61. The Bertz CT molecular complexity index is 1000. The first-order chi connectivity index (χ1) is 15.0. The first kappa shape index (κ1) is 21.2. The molecule has 0 radical (unpaired) electrons. The number of likely N-dealkylation sites (tertiary alicyclic amines) is 1. The number of nitrogens with one attached hydrogen (secondary N) is 1. The van der Waals surface area contributed by atoms with Crippen LogP contribution in [0.15, 0.2) is 48.5 Å². The summed E-state index contributed by atoms with van der Waals surface area (Å²) in [5, 5.41) is 6.56. The van der Waals surface area contributed by atoms with Crippen LogP contribution in [0.1, 0.15) is 40.8 Å². The molecule has 1 aliphatic rings. The van der Waals surface area contributed by atoms with Crippen molar-refractivity contribution in [2.24, 2.45) is 0 Å². The second kappa shape index (κ2) is 9.01.